The monoisotopic (exact) mass is 285 g/mol. The molecule has 0 saturated carbocycles. The number of nitrogens with zero attached hydrogens (tertiary/aromatic N) is 2. The van der Waals surface area contributed by atoms with E-state index in [0.29, 0.717) is 24.3 Å². The Morgan fingerprint density at radius 2 is 2.16 bits per heavy atom. The number of rotatable bonds is 7. The molecule has 0 bridgehead atoms. The Labute approximate surface area is 120 Å². The maximum absolute atomic E-state index is 5.86. The van der Waals surface area contributed by atoms with Crippen LogP contribution in [0.5, 0.6) is 5.88 Å². The molecule has 0 aromatic carbocycles. The van der Waals surface area contributed by atoms with Crippen molar-refractivity contribution in [2.24, 2.45) is 5.41 Å². The van der Waals surface area contributed by atoms with Gasteiger partial charge in [-0.2, -0.15) is 4.98 Å². The first-order valence-electron chi connectivity index (χ1n) is 6.75. The molecule has 108 valence electrons. The van der Waals surface area contributed by atoms with E-state index in [4.69, 9.17) is 16.3 Å². The van der Waals surface area contributed by atoms with E-state index < -0.39 is 0 Å². The average molecular weight is 286 g/mol. The molecule has 0 aliphatic heterocycles. The Morgan fingerprint density at radius 3 is 2.74 bits per heavy atom. The molecule has 1 heterocycles. The second kappa shape index (κ2) is 7.53. The Kier molecular flexibility index (Phi) is 6.35. The Morgan fingerprint density at radius 1 is 1.42 bits per heavy atom. The van der Waals surface area contributed by atoms with E-state index in [1.165, 1.54) is 0 Å². The van der Waals surface area contributed by atoms with Gasteiger partial charge in [0.2, 0.25) is 11.8 Å². The van der Waals surface area contributed by atoms with Crippen molar-refractivity contribution in [3.05, 3.63) is 12.3 Å². The molecule has 0 radical (unpaired) electrons. The second-order valence-electron chi connectivity index (χ2n) is 5.61. The summed E-state index contributed by atoms with van der Waals surface area (Å²) in [4.78, 5) is 8.60. The Bertz CT molecular complexity index is 379. The smallest absolute Gasteiger partial charge is 0.226 e. The van der Waals surface area contributed by atoms with Gasteiger partial charge in [0.25, 0.3) is 0 Å². The predicted molar refractivity (Wildman–Crippen MR) is 80.0 cm³/mol. The minimum absolute atomic E-state index is 0.0958. The third kappa shape index (κ3) is 5.64. The molecule has 0 amide bonds. The first-order chi connectivity index (χ1) is 8.97. The van der Waals surface area contributed by atoms with Gasteiger partial charge >= 0.3 is 0 Å². The number of alkyl halides is 1. The summed E-state index contributed by atoms with van der Waals surface area (Å²) in [6, 6.07) is 2.00. The van der Waals surface area contributed by atoms with Crippen molar-refractivity contribution < 1.29 is 4.74 Å². The lowest BCUT2D eigenvalue weighted by molar-refractivity contribution is 0.303. The van der Waals surface area contributed by atoms with Crippen LogP contribution in [0.3, 0.4) is 0 Å². The van der Waals surface area contributed by atoms with Crippen molar-refractivity contribution in [2.75, 3.05) is 17.8 Å². The summed E-state index contributed by atoms with van der Waals surface area (Å²) in [5.74, 6) is 1.82. The predicted octanol–water partition coefficient (Wildman–Crippen LogP) is 3.72. The standard InChI is InChI=1S/C14H24ClN3O/c1-5-10-19-12-7-9-16-13(18-12)17-11(6-8-15)14(2,3)4/h7,9,11H,5-6,8,10H2,1-4H3,(H,16,17,18). The number of nitrogens with one attached hydrogen (secondary N) is 1. The Balaban J connectivity index is 2.73. The number of ether oxygens (including phenoxy) is 1. The summed E-state index contributed by atoms with van der Waals surface area (Å²) in [5, 5.41) is 3.35. The van der Waals surface area contributed by atoms with Crippen molar-refractivity contribution >= 4 is 17.5 Å². The Hall–Kier alpha value is -1.03. The van der Waals surface area contributed by atoms with Gasteiger partial charge in [-0.3, -0.25) is 0 Å². The van der Waals surface area contributed by atoms with Gasteiger partial charge in [0, 0.05) is 24.2 Å². The zero-order valence-electron chi connectivity index (χ0n) is 12.2. The fourth-order valence-electron chi connectivity index (χ4n) is 1.69. The highest BCUT2D eigenvalue weighted by Crippen LogP contribution is 2.25. The number of hydrogen-bond acceptors (Lipinski definition) is 4. The molecule has 0 spiro atoms. The topological polar surface area (TPSA) is 47.0 Å². The molecule has 1 unspecified atom stereocenters. The normalized spacial score (nSPS) is 13.1. The molecule has 1 aromatic rings. The minimum atomic E-state index is 0.0958. The van der Waals surface area contributed by atoms with Crippen LogP contribution in [-0.4, -0.2) is 28.5 Å². The van der Waals surface area contributed by atoms with Crippen LogP contribution in [0.15, 0.2) is 12.3 Å². The van der Waals surface area contributed by atoms with Gasteiger partial charge in [0.15, 0.2) is 0 Å². The van der Waals surface area contributed by atoms with Crippen molar-refractivity contribution in [3.8, 4) is 5.88 Å². The molecule has 5 heteroatoms. The fourth-order valence-corrected chi connectivity index (χ4v) is 1.90. The highest BCUT2D eigenvalue weighted by atomic mass is 35.5. The molecule has 0 fully saturated rings. The molecular formula is C14H24ClN3O. The second-order valence-corrected chi connectivity index (χ2v) is 5.99. The molecule has 19 heavy (non-hydrogen) atoms. The van der Waals surface area contributed by atoms with Crippen LogP contribution in [-0.2, 0) is 0 Å². The summed E-state index contributed by atoms with van der Waals surface area (Å²) in [6.45, 7) is 9.26. The summed E-state index contributed by atoms with van der Waals surface area (Å²) >= 11 is 5.86. The van der Waals surface area contributed by atoms with Crippen LogP contribution < -0.4 is 10.1 Å². The van der Waals surface area contributed by atoms with Gasteiger partial charge in [-0.05, 0) is 18.3 Å². The van der Waals surface area contributed by atoms with E-state index in [0.717, 1.165) is 12.8 Å². The molecule has 0 aliphatic rings. The summed E-state index contributed by atoms with van der Waals surface area (Å²) in [7, 11) is 0. The van der Waals surface area contributed by atoms with Crippen LogP contribution in [0.2, 0.25) is 0 Å². The number of anilines is 1. The average Bonchev–Trinajstić information content (AvgIpc) is 2.35. The zero-order chi connectivity index (χ0) is 14.3. The largest absolute Gasteiger partial charge is 0.478 e. The molecule has 1 atom stereocenters. The maximum atomic E-state index is 5.86. The SMILES string of the molecule is CCCOc1ccnc(NC(CCCl)C(C)(C)C)n1. The minimum Gasteiger partial charge on any atom is -0.478 e. The number of aromatic nitrogens is 2. The lowest BCUT2D eigenvalue weighted by Gasteiger charge is -2.31. The summed E-state index contributed by atoms with van der Waals surface area (Å²) < 4.78 is 5.51. The summed E-state index contributed by atoms with van der Waals surface area (Å²) in [6.07, 6.45) is 3.54. The molecular weight excluding hydrogens is 262 g/mol. The van der Waals surface area contributed by atoms with Crippen molar-refractivity contribution in [3.63, 3.8) is 0 Å². The van der Waals surface area contributed by atoms with Gasteiger partial charge in [-0.15, -0.1) is 11.6 Å². The van der Waals surface area contributed by atoms with Crippen molar-refractivity contribution in [2.45, 2.75) is 46.6 Å². The third-order valence-electron chi connectivity index (χ3n) is 2.83. The quantitative estimate of drug-likeness (QED) is 0.776. The van der Waals surface area contributed by atoms with Crippen LogP contribution >= 0.6 is 11.6 Å². The molecule has 0 saturated heterocycles. The van der Waals surface area contributed by atoms with Gasteiger partial charge in [-0.25, -0.2) is 4.98 Å². The number of hydrogen-bond donors (Lipinski definition) is 1. The first kappa shape index (κ1) is 16.0. The van der Waals surface area contributed by atoms with E-state index in [1.54, 1.807) is 12.3 Å². The van der Waals surface area contributed by atoms with Gasteiger partial charge < -0.3 is 10.1 Å². The molecule has 0 aliphatic carbocycles. The van der Waals surface area contributed by atoms with Gasteiger partial charge in [0.05, 0.1) is 6.61 Å². The highest BCUT2D eigenvalue weighted by molar-refractivity contribution is 6.17. The van der Waals surface area contributed by atoms with Gasteiger partial charge in [-0.1, -0.05) is 27.7 Å². The molecule has 4 nitrogen and oxygen atoms in total. The number of halogens is 1. The maximum Gasteiger partial charge on any atom is 0.226 e. The lowest BCUT2D eigenvalue weighted by Crippen LogP contribution is -2.35. The first-order valence-corrected chi connectivity index (χ1v) is 7.29. The van der Waals surface area contributed by atoms with E-state index in [9.17, 15) is 0 Å². The molecule has 1 rings (SSSR count). The molecule has 1 N–H and O–H groups in total. The third-order valence-corrected chi connectivity index (χ3v) is 3.05. The van der Waals surface area contributed by atoms with E-state index in [1.807, 2.05) is 0 Å². The molecule has 1 aromatic heterocycles. The van der Waals surface area contributed by atoms with Gasteiger partial charge in [0.1, 0.15) is 0 Å². The van der Waals surface area contributed by atoms with E-state index in [-0.39, 0.29) is 11.5 Å². The fraction of sp³-hybridized carbons (Fsp3) is 0.714. The highest BCUT2D eigenvalue weighted by Gasteiger charge is 2.24. The van der Waals surface area contributed by atoms with Crippen LogP contribution in [0, 0.1) is 5.41 Å². The van der Waals surface area contributed by atoms with Crippen LogP contribution in [0.4, 0.5) is 5.95 Å². The summed E-state index contributed by atoms with van der Waals surface area (Å²) in [5.41, 5.74) is 0.0958. The lowest BCUT2D eigenvalue weighted by atomic mass is 9.85. The van der Waals surface area contributed by atoms with Crippen molar-refractivity contribution in [1.82, 2.24) is 9.97 Å². The van der Waals surface area contributed by atoms with E-state index in [2.05, 4.69) is 43.0 Å². The van der Waals surface area contributed by atoms with Crippen LogP contribution in [0.25, 0.3) is 0 Å². The van der Waals surface area contributed by atoms with E-state index >= 15 is 0 Å². The zero-order valence-corrected chi connectivity index (χ0v) is 13.0. The van der Waals surface area contributed by atoms with Crippen molar-refractivity contribution in [1.29, 1.82) is 0 Å². The van der Waals surface area contributed by atoms with Crippen LogP contribution in [0.1, 0.15) is 40.5 Å².